The lowest BCUT2D eigenvalue weighted by atomic mass is 9.98. The fourth-order valence-electron chi connectivity index (χ4n) is 8.49. The van der Waals surface area contributed by atoms with Crippen LogP contribution in [0.25, 0.3) is 11.2 Å². The van der Waals surface area contributed by atoms with E-state index in [1.165, 1.54) is 30.5 Å². The number of nitrogen functional groups attached to an aromatic ring is 1. The molecule has 4 aliphatic heterocycles. The predicted molar refractivity (Wildman–Crippen MR) is 242 cm³/mol. The number of rotatable bonds is 21. The van der Waals surface area contributed by atoms with Gasteiger partial charge in [-0.05, 0) is 30.7 Å². The molecule has 4 saturated heterocycles. The molecule has 0 bridgehead atoms. The first-order valence-corrected chi connectivity index (χ1v) is 23.3. The van der Waals surface area contributed by atoms with Gasteiger partial charge in [0.2, 0.25) is 17.5 Å². The Morgan fingerprint density at radius 3 is 1.72 bits per heavy atom. The molecule has 3 aromatic rings. The van der Waals surface area contributed by atoms with Gasteiger partial charge in [-0.25, -0.2) is 14.8 Å². The molecule has 4 aliphatic rings. The van der Waals surface area contributed by atoms with Gasteiger partial charge in [-0.15, -0.1) is 0 Å². The Kier molecular flexibility index (Phi) is 18.8. The molecule has 19 N–H and O–H groups in total. The number of fused-ring (bicyclic) bond motifs is 1. The highest BCUT2D eigenvalue weighted by molar-refractivity contribution is 5.97. The largest absolute Gasteiger partial charge is 0.463 e. The number of benzene rings is 1. The van der Waals surface area contributed by atoms with Crippen molar-refractivity contribution >= 4 is 40.6 Å². The first kappa shape index (κ1) is 58.3. The minimum Gasteiger partial charge on any atom is -0.463 e. The van der Waals surface area contributed by atoms with Gasteiger partial charge in [-0.3, -0.25) is 19.4 Å². The zero-order valence-corrected chi connectivity index (χ0v) is 39.6. The maximum Gasteiger partial charge on any atom is 0.328 e. The third-order valence-corrected chi connectivity index (χ3v) is 12.9. The van der Waals surface area contributed by atoms with E-state index < -0.39 is 192 Å². The first-order chi connectivity index (χ1) is 36.1. The lowest BCUT2D eigenvalue weighted by Gasteiger charge is -2.43. The molecule has 33 nitrogen and oxygen atoms in total. The van der Waals surface area contributed by atoms with Crippen molar-refractivity contribution in [3.05, 3.63) is 52.1 Å². The number of aliphatic hydroxyl groups is 14. The number of nitrogens with one attached hydrogen (secondary N) is 3. The molecule has 1 aromatic carbocycles. The SMILES string of the molecule is Nc1nc2ncc(CNc3ccc(C(=O)N[C@@H](CCC(=O)OC[C@H]4O[C@H](O[C@]5(CO)O[C@H](CO)[C@@H](O)[C@@H]5O)[C@H](O)[C@@H](O)[C@@H]4O)C(=O)OC[C@H]4O[C@H](O[C@]5(CO)O[C@H](CO)[C@@H](O)[C@@H]5O)[C@H](O)[C@@H](O)[C@@H]4O)cc3)nc2c(=O)[nH]1. The zero-order valence-electron chi connectivity index (χ0n) is 39.6. The highest BCUT2D eigenvalue weighted by Crippen LogP contribution is 2.38. The van der Waals surface area contributed by atoms with Crippen LogP contribution in [0.2, 0.25) is 0 Å². The molecule has 2 aromatic heterocycles. The van der Waals surface area contributed by atoms with Crippen LogP contribution in [-0.2, 0) is 54.0 Å². The number of nitrogens with two attached hydrogens (primary N) is 1. The number of nitrogens with zero attached hydrogens (tertiary/aromatic N) is 3. The molecule has 0 aliphatic carbocycles. The number of hydrogen-bond donors (Lipinski definition) is 18. The molecule has 0 unspecified atom stereocenters. The van der Waals surface area contributed by atoms with Crippen molar-refractivity contribution in [2.24, 2.45) is 0 Å². The maximum absolute atomic E-state index is 13.8. The van der Waals surface area contributed by atoms with Crippen molar-refractivity contribution in [1.29, 1.82) is 0 Å². The van der Waals surface area contributed by atoms with E-state index in [0.717, 1.165) is 0 Å². The molecule has 0 spiro atoms. The fourth-order valence-corrected chi connectivity index (χ4v) is 8.49. The Morgan fingerprint density at radius 1 is 0.697 bits per heavy atom. The van der Waals surface area contributed by atoms with Crippen molar-refractivity contribution in [2.45, 2.75) is 135 Å². The summed E-state index contributed by atoms with van der Waals surface area (Å²) < 4.78 is 43.2. The topological polar surface area (TPSA) is 530 Å². The van der Waals surface area contributed by atoms with Crippen molar-refractivity contribution in [3.8, 4) is 0 Å². The summed E-state index contributed by atoms with van der Waals surface area (Å²) in [5.74, 6) is -8.51. The van der Waals surface area contributed by atoms with Crippen LogP contribution in [0, 0.1) is 0 Å². The van der Waals surface area contributed by atoms with E-state index >= 15 is 0 Å². The van der Waals surface area contributed by atoms with Crippen LogP contribution in [0.1, 0.15) is 28.9 Å². The van der Waals surface area contributed by atoms with Gasteiger partial charge in [0.15, 0.2) is 23.7 Å². The molecular formula is C43H59N7O26. The zero-order chi connectivity index (χ0) is 55.4. The molecule has 1 amide bonds. The van der Waals surface area contributed by atoms with E-state index in [1.807, 2.05) is 0 Å². The molecule has 33 heteroatoms. The van der Waals surface area contributed by atoms with Crippen LogP contribution >= 0.6 is 0 Å². The summed E-state index contributed by atoms with van der Waals surface area (Å²) >= 11 is 0. The van der Waals surface area contributed by atoms with Gasteiger partial charge in [0.05, 0.1) is 31.6 Å². The van der Waals surface area contributed by atoms with E-state index in [-0.39, 0.29) is 29.2 Å². The number of hydrogen-bond acceptors (Lipinski definition) is 31. The quantitative estimate of drug-likeness (QED) is 0.0441. The van der Waals surface area contributed by atoms with Crippen molar-refractivity contribution < 1.29 is 124 Å². The molecule has 422 valence electrons. The maximum atomic E-state index is 13.8. The van der Waals surface area contributed by atoms with Gasteiger partial charge in [-0.2, -0.15) is 4.98 Å². The lowest BCUT2D eigenvalue weighted by Crippen LogP contribution is -2.63. The second kappa shape index (κ2) is 24.5. The minimum absolute atomic E-state index is 0.0267. The number of aromatic nitrogens is 4. The summed E-state index contributed by atoms with van der Waals surface area (Å²) in [5, 5.41) is 150. The molecular weight excluding hydrogens is 1030 g/mol. The van der Waals surface area contributed by atoms with E-state index in [0.29, 0.717) is 11.4 Å². The summed E-state index contributed by atoms with van der Waals surface area (Å²) in [6.07, 6.45) is -30.5. The molecule has 6 heterocycles. The number of esters is 2. The molecule has 7 rings (SSSR count). The third-order valence-electron chi connectivity index (χ3n) is 12.9. The number of carbonyl (C=O) groups excluding carboxylic acids is 3. The molecule has 4 fully saturated rings. The number of anilines is 2. The van der Waals surface area contributed by atoms with E-state index in [1.54, 1.807) is 0 Å². The third kappa shape index (κ3) is 12.3. The van der Waals surface area contributed by atoms with Crippen LogP contribution in [-0.4, -0.2) is 265 Å². The van der Waals surface area contributed by atoms with Crippen LogP contribution in [0.15, 0.2) is 35.3 Å². The lowest BCUT2D eigenvalue weighted by molar-refractivity contribution is -0.383. The Labute approximate surface area is 426 Å². The van der Waals surface area contributed by atoms with Gasteiger partial charge in [0.1, 0.15) is 118 Å². The van der Waals surface area contributed by atoms with E-state index in [2.05, 4.69) is 30.6 Å². The van der Waals surface area contributed by atoms with E-state index in [4.69, 9.17) is 43.6 Å². The van der Waals surface area contributed by atoms with Crippen LogP contribution in [0.3, 0.4) is 0 Å². The van der Waals surface area contributed by atoms with E-state index in [9.17, 15) is 90.7 Å². The monoisotopic (exact) mass is 1090 g/mol. The number of aliphatic hydroxyl groups excluding tert-OH is 14. The number of aromatic amines is 1. The second-order valence-electron chi connectivity index (χ2n) is 18.0. The summed E-state index contributed by atoms with van der Waals surface area (Å²) in [7, 11) is 0. The smallest absolute Gasteiger partial charge is 0.328 e. The minimum atomic E-state index is -2.54. The Morgan fingerprint density at radius 2 is 1.22 bits per heavy atom. The van der Waals surface area contributed by atoms with Gasteiger partial charge >= 0.3 is 11.9 Å². The summed E-state index contributed by atoms with van der Waals surface area (Å²) in [5.41, 5.74) is 5.66. The second-order valence-corrected chi connectivity index (χ2v) is 18.0. The summed E-state index contributed by atoms with van der Waals surface area (Å²) in [4.78, 5) is 67.5. The van der Waals surface area contributed by atoms with Gasteiger partial charge in [0, 0.05) is 17.7 Å². The predicted octanol–water partition coefficient (Wildman–Crippen LogP) is -9.88. The Balaban J connectivity index is 1.01. The van der Waals surface area contributed by atoms with Crippen molar-refractivity contribution in [3.63, 3.8) is 0 Å². The first-order valence-electron chi connectivity index (χ1n) is 23.3. The average Bonchev–Trinajstić information content (AvgIpc) is 3.82. The number of ether oxygens (including phenoxy) is 8. The number of amides is 1. The Hall–Kier alpha value is -5.35. The highest BCUT2D eigenvalue weighted by Gasteiger charge is 2.60. The summed E-state index contributed by atoms with van der Waals surface area (Å²) in [6.45, 7) is -5.84. The van der Waals surface area contributed by atoms with Crippen LogP contribution < -0.4 is 21.9 Å². The summed E-state index contributed by atoms with van der Waals surface area (Å²) in [6, 6.07) is 3.89. The number of carbonyl (C=O) groups is 3. The van der Waals surface area contributed by atoms with Gasteiger partial charge in [0.25, 0.3) is 11.5 Å². The molecule has 0 radical (unpaired) electrons. The van der Waals surface area contributed by atoms with Crippen LogP contribution in [0.5, 0.6) is 0 Å². The van der Waals surface area contributed by atoms with Crippen LogP contribution in [0.4, 0.5) is 11.6 Å². The number of H-pyrrole nitrogens is 1. The average molecular weight is 1090 g/mol. The van der Waals surface area contributed by atoms with Crippen molar-refractivity contribution in [1.82, 2.24) is 25.3 Å². The highest BCUT2D eigenvalue weighted by atomic mass is 16.8. The Bertz CT molecular complexity index is 2540. The molecule has 76 heavy (non-hydrogen) atoms. The molecule has 0 saturated carbocycles. The molecule has 19 atom stereocenters. The van der Waals surface area contributed by atoms with Gasteiger partial charge < -0.3 is 126 Å². The standard InChI is InChI=1S/C43H59N7O26/c44-41-49-35-24(37(67)50-41)47-17(8-46-35)7-45-16-3-1-15(2-4-16)36(66)48-18(38(68)70-12-22-26(57)30(61)32(63)40(72-22)76-43(14-54)34(65)28(59)20(10-52)74-43)5-6-23(55)69-11-21-25(56)29(60)31(62)39(71-21)75-42(13-53)33(64)27(58)19(9-51)73-42/h1-4,8,18-22,25-34,39-40,45,51-54,56-65H,5-7,9-14H2,(H,48,66)(H3,44,46,49,50,67)/t18-,19+,20+,21+,22+,25+,26+,27+,28+,29-,30-,31+,32+,33-,34-,39+,40+,42-,43-/m0/s1. The van der Waals surface area contributed by atoms with Crippen molar-refractivity contribution in [2.75, 3.05) is 50.7 Å². The van der Waals surface area contributed by atoms with Gasteiger partial charge in [-0.1, -0.05) is 0 Å². The fraction of sp³-hybridized carbons (Fsp3) is 0.651. The normalized spacial score (nSPS) is 35.9.